The lowest BCUT2D eigenvalue weighted by molar-refractivity contribution is 0.144. The second-order valence-electron chi connectivity index (χ2n) is 6.80. The smallest absolute Gasteiger partial charge is 0.417 e. The first kappa shape index (κ1) is 20.2. The first-order valence-electron chi connectivity index (χ1n) is 9.32. The Bertz CT molecular complexity index is 910. The number of carbonyl (C=O) groups excluding carboxylic acids is 1. The second kappa shape index (κ2) is 9.59. The van der Waals surface area contributed by atoms with E-state index in [1.54, 1.807) is 36.4 Å². The largest absolute Gasteiger partial charge is 0.497 e. The van der Waals surface area contributed by atoms with E-state index in [0.29, 0.717) is 13.1 Å². The molecule has 0 fully saturated rings. The van der Waals surface area contributed by atoms with Crippen LogP contribution in [0.1, 0.15) is 11.1 Å². The molecule has 3 rings (SSSR count). The topological polar surface area (TPSA) is 54.9 Å². The second-order valence-corrected chi connectivity index (χ2v) is 6.80. The maximum Gasteiger partial charge on any atom is 0.417 e. The maximum absolute atomic E-state index is 12.9. The minimum absolute atomic E-state index is 0.278. The Hall–Kier alpha value is -3.54. The molecule has 0 radical (unpaired) electrons. The Kier molecular flexibility index (Phi) is 6.68. The van der Waals surface area contributed by atoms with Crippen LogP contribution in [0.4, 0.5) is 10.5 Å². The molecule has 0 atom stereocenters. The van der Waals surface area contributed by atoms with E-state index in [0.717, 1.165) is 22.6 Å². The highest BCUT2D eigenvalue weighted by molar-refractivity contribution is 5.70. The molecule has 150 valence electrons. The van der Waals surface area contributed by atoms with E-state index in [2.05, 4.69) is 4.98 Å². The lowest BCUT2D eigenvalue weighted by Crippen LogP contribution is -2.32. The molecule has 0 aliphatic heterocycles. The van der Waals surface area contributed by atoms with E-state index < -0.39 is 6.09 Å². The van der Waals surface area contributed by atoms with Gasteiger partial charge >= 0.3 is 6.09 Å². The number of hydrogen-bond acceptors (Lipinski definition) is 5. The van der Waals surface area contributed by atoms with E-state index >= 15 is 0 Å². The van der Waals surface area contributed by atoms with Crippen LogP contribution in [0.15, 0.2) is 72.9 Å². The fourth-order valence-electron chi connectivity index (χ4n) is 2.82. The highest BCUT2D eigenvalue weighted by Crippen LogP contribution is 2.18. The lowest BCUT2D eigenvalue weighted by Gasteiger charge is -2.22. The van der Waals surface area contributed by atoms with Gasteiger partial charge in [0.1, 0.15) is 5.75 Å². The molecular formula is C23H25N3O3. The van der Waals surface area contributed by atoms with Gasteiger partial charge < -0.3 is 14.4 Å². The third-order valence-electron chi connectivity index (χ3n) is 4.45. The van der Waals surface area contributed by atoms with Crippen molar-refractivity contribution in [1.29, 1.82) is 0 Å². The lowest BCUT2D eigenvalue weighted by atomic mass is 10.1. The Labute approximate surface area is 171 Å². The van der Waals surface area contributed by atoms with Crippen LogP contribution in [0, 0.1) is 0 Å². The van der Waals surface area contributed by atoms with Crippen LogP contribution < -0.4 is 14.4 Å². The molecular weight excluding hydrogens is 366 g/mol. The number of nitrogens with zero attached hydrogens (tertiary/aromatic N) is 3. The summed E-state index contributed by atoms with van der Waals surface area (Å²) >= 11 is 0. The summed E-state index contributed by atoms with van der Waals surface area (Å²) in [6, 6.07) is 21.0. The van der Waals surface area contributed by atoms with Gasteiger partial charge in [0.05, 0.1) is 7.11 Å². The Morgan fingerprint density at radius 1 is 0.897 bits per heavy atom. The summed E-state index contributed by atoms with van der Waals surface area (Å²) < 4.78 is 10.7. The number of carbonyl (C=O) groups is 1. The van der Waals surface area contributed by atoms with Gasteiger partial charge in [0, 0.05) is 45.1 Å². The third-order valence-corrected chi connectivity index (χ3v) is 4.45. The molecule has 1 aromatic heterocycles. The van der Waals surface area contributed by atoms with Crippen molar-refractivity contribution >= 4 is 11.8 Å². The van der Waals surface area contributed by atoms with Gasteiger partial charge in [0.15, 0.2) is 0 Å². The average Bonchev–Trinajstić information content (AvgIpc) is 2.75. The van der Waals surface area contributed by atoms with Crippen LogP contribution in [-0.4, -0.2) is 37.2 Å². The normalized spacial score (nSPS) is 10.3. The molecule has 0 unspecified atom stereocenters. The SMILES string of the molecule is COc1ccc(CN(Cc2ccc(N(C)C)cc2)C(=O)Oc2ccccn2)cc1. The zero-order valence-corrected chi connectivity index (χ0v) is 16.9. The van der Waals surface area contributed by atoms with Crippen molar-refractivity contribution in [3.8, 4) is 11.6 Å². The molecule has 6 heteroatoms. The molecule has 0 bridgehead atoms. The highest BCUT2D eigenvalue weighted by atomic mass is 16.6. The van der Waals surface area contributed by atoms with Crippen LogP contribution >= 0.6 is 0 Å². The minimum Gasteiger partial charge on any atom is -0.497 e. The van der Waals surface area contributed by atoms with E-state index in [1.165, 1.54) is 0 Å². The number of ether oxygens (including phenoxy) is 2. The predicted molar refractivity (Wildman–Crippen MR) is 113 cm³/mol. The van der Waals surface area contributed by atoms with Gasteiger partial charge in [-0.05, 0) is 41.5 Å². The third kappa shape index (κ3) is 5.72. The van der Waals surface area contributed by atoms with Crippen molar-refractivity contribution in [3.05, 3.63) is 84.1 Å². The molecule has 2 aromatic carbocycles. The van der Waals surface area contributed by atoms with Crippen molar-refractivity contribution in [2.75, 3.05) is 26.1 Å². The van der Waals surface area contributed by atoms with Crippen molar-refractivity contribution in [3.63, 3.8) is 0 Å². The Morgan fingerprint density at radius 3 is 2.03 bits per heavy atom. The first-order chi connectivity index (χ1) is 14.0. The van der Waals surface area contributed by atoms with Gasteiger partial charge in [0.2, 0.25) is 5.88 Å². The Morgan fingerprint density at radius 2 is 1.52 bits per heavy atom. The van der Waals surface area contributed by atoms with E-state index in [1.807, 2.05) is 67.5 Å². The van der Waals surface area contributed by atoms with Gasteiger partial charge in [-0.1, -0.05) is 30.3 Å². The molecule has 29 heavy (non-hydrogen) atoms. The van der Waals surface area contributed by atoms with Crippen LogP contribution in [-0.2, 0) is 13.1 Å². The van der Waals surface area contributed by atoms with E-state index in [-0.39, 0.29) is 5.88 Å². The van der Waals surface area contributed by atoms with Crippen LogP contribution in [0.5, 0.6) is 11.6 Å². The molecule has 3 aromatic rings. The zero-order valence-electron chi connectivity index (χ0n) is 16.9. The summed E-state index contributed by atoms with van der Waals surface area (Å²) in [6.45, 7) is 0.830. The van der Waals surface area contributed by atoms with Gasteiger partial charge in [0.25, 0.3) is 0 Å². The fraction of sp³-hybridized carbons (Fsp3) is 0.217. The van der Waals surface area contributed by atoms with Gasteiger partial charge in [-0.25, -0.2) is 9.78 Å². The number of methoxy groups -OCH3 is 1. The molecule has 1 amide bonds. The summed E-state index contributed by atoms with van der Waals surface area (Å²) in [7, 11) is 5.62. The molecule has 0 aliphatic carbocycles. The van der Waals surface area contributed by atoms with Crippen molar-refractivity contribution in [2.24, 2.45) is 0 Å². The van der Waals surface area contributed by atoms with Gasteiger partial charge in [-0.2, -0.15) is 0 Å². The van der Waals surface area contributed by atoms with Gasteiger partial charge in [-0.15, -0.1) is 0 Å². The summed E-state index contributed by atoms with van der Waals surface area (Å²) in [5, 5.41) is 0. The summed E-state index contributed by atoms with van der Waals surface area (Å²) in [4.78, 5) is 20.6. The molecule has 0 N–H and O–H groups in total. The number of aromatic nitrogens is 1. The van der Waals surface area contributed by atoms with Crippen molar-refractivity contribution < 1.29 is 14.3 Å². The molecule has 1 heterocycles. The quantitative estimate of drug-likeness (QED) is 0.599. The van der Waals surface area contributed by atoms with Gasteiger partial charge in [-0.3, -0.25) is 4.90 Å². The summed E-state index contributed by atoms with van der Waals surface area (Å²) in [5.74, 6) is 1.05. The van der Waals surface area contributed by atoms with E-state index in [4.69, 9.17) is 9.47 Å². The molecule has 6 nitrogen and oxygen atoms in total. The molecule has 0 spiro atoms. The first-order valence-corrected chi connectivity index (χ1v) is 9.32. The summed E-state index contributed by atoms with van der Waals surface area (Å²) in [5.41, 5.74) is 3.10. The number of anilines is 1. The number of benzene rings is 2. The van der Waals surface area contributed by atoms with Crippen molar-refractivity contribution in [2.45, 2.75) is 13.1 Å². The number of hydrogen-bond donors (Lipinski definition) is 0. The monoisotopic (exact) mass is 391 g/mol. The number of pyridine rings is 1. The fourth-order valence-corrected chi connectivity index (χ4v) is 2.82. The Balaban J connectivity index is 1.78. The van der Waals surface area contributed by atoms with Crippen LogP contribution in [0.25, 0.3) is 0 Å². The molecule has 0 aliphatic rings. The number of amides is 1. The summed E-state index contributed by atoms with van der Waals surface area (Å²) in [6.07, 6.45) is 1.15. The predicted octanol–water partition coefficient (Wildman–Crippen LogP) is 4.36. The average molecular weight is 391 g/mol. The molecule has 0 saturated heterocycles. The van der Waals surface area contributed by atoms with Crippen LogP contribution in [0.2, 0.25) is 0 Å². The number of rotatable bonds is 7. The standard InChI is InChI=1S/C23H25N3O3/c1-25(2)20-11-7-18(8-12-20)16-26(17-19-9-13-21(28-3)14-10-19)23(27)29-22-6-4-5-15-24-22/h4-15H,16-17H2,1-3H3. The molecule has 0 saturated carbocycles. The minimum atomic E-state index is -0.448. The maximum atomic E-state index is 12.9. The van der Waals surface area contributed by atoms with E-state index in [9.17, 15) is 4.79 Å². The highest BCUT2D eigenvalue weighted by Gasteiger charge is 2.18. The van der Waals surface area contributed by atoms with Crippen LogP contribution in [0.3, 0.4) is 0 Å². The zero-order chi connectivity index (χ0) is 20.6. The van der Waals surface area contributed by atoms with Crippen molar-refractivity contribution in [1.82, 2.24) is 9.88 Å².